The van der Waals surface area contributed by atoms with Crippen molar-refractivity contribution in [2.75, 3.05) is 6.54 Å². The molecule has 0 unspecified atom stereocenters. The van der Waals surface area contributed by atoms with Gasteiger partial charge in [-0.2, -0.15) is 0 Å². The SMILES string of the molecule is Cl.Cl.NCCc1ccc(CNCc2cccc(CO)c2)cc1. The van der Waals surface area contributed by atoms with Crippen LogP contribution in [0.4, 0.5) is 0 Å². The molecule has 4 N–H and O–H groups in total. The van der Waals surface area contributed by atoms with Crippen molar-refractivity contribution in [3.05, 3.63) is 70.8 Å². The summed E-state index contributed by atoms with van der Waals surface area (Å²) in [4.78, 5) is 0. The molecule has 0 radical (unpaired) electrons. The van der Waals surface area contributed by atoms with Gasteiger partial charge in [-0.15, -0.1) is 24.8 Å². The lowest BCUT2D eigenvalue weighted by atomic mass is 10.1. The van der Waals surface area contributed by atoms with Gasteiger partial charge in [-0.1, -0.05) is 48.5 Å². The van der Waals surface area contributed by atoms with Gasteiger partial charge in [0.2, 0.25) is 0 Å². The molecule has 0 fully saturated rings. The molecule has 0 aliphatic carbocycles. The summed E-state index contributed by atoms with van der Waals surface area (Å²) < 4.78 is 0. The van der Waals surface area contributed by atoms with Crippen LogP contribution >= 0.6 is 24.8 Å². The fourth-order valence-electron chi connectivity index (χ4n) is 2.18. The quantitative estimate of drug-likeness (QED) is 0.725. The summed E-state index contributed by atoms with van der Waals surface area (Å²) in [6, 6.07) is 16.6. The van der Waals surface area contributed by atoms with Crippen molar-refractivity contribution in [1.29, 1.82) is 0 Å². The molecule has 22 heavy (non-hydrogen) atoms. The van der Waals surface area contributed by atoms with Crippen LogP contribution in [0.5, 0.6) is 0 Å². The standard InChI is InChI=1S/C17H22N2O.2ClH/c18-9-8-14-4-6-15(7-5-14)11-19-12-16-2-1-3-17(10-16)13-20;;/h1-7,10,19-20H,8-9,11-13,18H2;2*1H. The molecule has 2 rings (SSSR count). The summed E-state index contributed by atoms with van der Waals surface area (Å²) in [6.07, 6.45) is 0.932. The highest BCUT2D eigenvalue weighted by Crippen LogP contribution is 2.07. The number of nitrogens with two attached hydrogens (primary N) is 1. The van der Waals surface area contributed by atoms with Gasteiger partial charge in [-0.25, -0.2) is 0 Å². The molecule has 2 aromatic carbocycles. The average molecular weight is 343 g/mol. The van der Waals surface area contributed by atoms with E-state index in [0.29, 0.717) is 6.54 Å². The van der Waals surface area contributed by atoms with Gasteiger partial charge in [-0.3, -0.25) is 0 Å². The Bertz CT molecular complexity index is 532. The van der Waals surface area contributed by atoms with Crippen LogP contribution in [0.25, 0.3) is 0 Å². The minimum Gasteiger partial charge on any atom is -0.392 e. The molecular weight excluding hydrogens is 319 g/mol. The Morgan fingerprint density at radius 2 is 1.41 bits per heavy atom. The third-order valence-corrected chi connectivity index (χ3v) is 3.29. The van der Waals surface area contributed by atoms with Crippen LogP contribution in [0.3, 0.4) is 0 Å². The first-order chi connectivity index (χ1) is 9.81. The van der Waals surface area contributed by atoms with E-state index < -0.39 is 0 Å². The van der Waals surface area contributed by atoms with Gasteiger partial charge in [0.15, 0.2) is 0 Å². The van der Waals surface area contributed by atoms with Crippen molar-refractivity contribution in [1.82, 2.24) is 5.32 Å². The molecule has 5 heteroatoms. The smallest absolute Gasteiger partial charge is 0.0681 e. The molecule has 0 saturated carbocycles. The van der Waals surface area contributed by atoms with E-state index in [9.17, 15) is 0 Å². The molecule has 2 aromatic rings. The lowest BCUT2D eigenvalue weighted by Crippen LogP contribution is -2.13. The fourth-order valence-corrected chi connectivity index (χ4v) is 2.18. The molecule has 0 atom stereocenters. The third kappa shape index (κ3) is 6.77. The summed E-state index contributed by atoms with van der Waals surface area (Å²) in [5, 5.41) is 12.5. The van der Waals surface area contributed by atoms with Gasteiger partial charge in [0.1, 0.15) is 0 Å². The van der Waals surface area contributed by atoms with Crippen LogP contribution in [0.1, 0.15) is 22.3 Å². The topological polar surface area (TPSA) is 58.3 Å². The Balaban J connectivity index is 0.00000220. The van der Waals surface area contributed by atoms with Gasteiger partial charge in [0.05, 0.1) is 6.61 Å². The minimum absolute atomic E-state index is 0. The lowest BCUT2D eigenvalue weighted by Gasteiger charge is -2.07. The van der Waals surface area contributed by atoms with Gasteiger partial charge in [-0.05, 0) is 35.2 Å². The van der Waals surface area contributed by atoms with E-state index in [1.165, 1.54) is 16.7 Å². The predicted octanol–water partition coefficient (Wildman–Crippen LogP) is 2.81. The highest BCUT2D eigenvalue weighted by Gasteiger charge is 1.97. The van der Waals surface area contributed by atoms with E-state index in [1.807, 2.05) is 18.2 Å². The molecule has 0 heterocycles. The number of hydrogen-bond acceptors (Lipinski definition) is 3. The largest absolute Gasteiger partial charge is 0.392 e. The summed E-state index contributed by atoms with van der Waals surface area (Å²) >= 11 is 0. The second-order valence-corrected chi connectivity index (χ2v) is 4.94. The van der Waals surface area contributed by atoms with Crippen LogP contribution < -0.4 is 11.1 Å². The Morgan fingerprint density at radius 3 is 2.05 bits per heavy atom. The third-order valence-electron chi connectivity index (χ3n) is 3.29. The summed E-state index contributed by atoms with van der Waals surface area (Å²) in [6.45, 7) is 2.43. The second-order valence-electron chi connectivity index (χ2n) is 4.94. The van der Waals surface area contributed by atoms with Crippen LogP contribution in [0, 0.1) is 0 Å². The first kappa shape index (κ1) is 20.9. The average Bonchev–Trinajstić information content (AvgIpc) is 2.50. The Hall–Kier alpha value is -1.10. The van der Waals surface area contributed by atoms with Gasteiger partial charge in [0, 0.05) is 13.1 Å². The van der Waals surface area contributed by atoms with Crippen LogP contribution in [0.2, 0.25) is 0 Å². The molecule has 122 valence electrons. The number of aliphatic hydroxyl groups is 1. The summed E-state index contributed by atoms with van der Waals surface area (Å²) in [5.41, 5.74) is 10.2. The fraction of sp³-hybridized carbons (Fsp3) is 0.294. The van der Waals surface area contributed by atoms with Crippen molar-refractivity contribution in [3.8, 4) is 0 Å². The van der Waals surface area contributed by atoms with Crippen LogP contribution in [-0.2, 0) is 26.1 Å². The maximum absolute atomic E-state index is 9.11. The van der Waals surface area contributed by atoms with Crippen molar-refractivity contribution < 1.29 is 5.11 Å². The van der Waals surface area contributed by atoms with Crippen molar-refractivity contribution >= 4 is 24.8 Å². The Kier molecular flexibility index (Phi) is 10.9. The van der Waals surface area contributed by atoms with Crippen molar-refractivity contribution in [3.63, 3.8) is 0 Å². The van der Waals surface area contributed by atoms with E-state index >= 15 is 0 Å². The molecular formula is C17H24Cl2N2O. The molecule has 0 saturated heterocycles. The monoisotopic (exact) mass is 342 g/mol. The lowest BCUT2D eigenvalue weighted by molar-refractivity contribution is 0.281. The first-order valence-corrected chi connectivity index (χ1v) is 6.99. The van der Waals surface area contributed by atoms with Crippen LogP contribution in [-0.4, -0.2) is 11.7 Å². The number of aliphatic hydroxyl groups excluding tert-OH is 1. The minimum atomic E-state index is 0. The Morgan fingerprint density at radius 1 is 0.818 bits per heavy atom. The molecule has 0 aliphatic rings. The van der Waals surface area contributed by atoms with Gasteiger partial charge < -0.3 is 16.2 Å². The van der Waals surface area contributed by atoms with E-state index in [0.717, 1.165) is 25.1 Å². The number of nitrogens with one attached hydrogen (secondary N) is 1. The molecule has 3 nitrogen and oxygen atoms in total. The summed E-state index contributed by atoms with van der Waals surface area (Å²) in [7, 11) is 0. The first-order valence-electron chi connectivity index (χ1n) is 6.99. The van der Waals surface area contributed by atoms with E-state index in [4.69, 9.17) is 10.8 Å². The van der Waals surface area contributed by atoms with E-state index in [2.05, 4.69) is 35.6 Å². The Labute approximate surface area is 144 Å². The molecule has 0 aliphatic heterocycles. The summed E-state index contributed by atoms with van der Waals surface area (Å²) in [5.74, 6) is 0. The number of halogens is 2. The molecule has 0 bridgehead atoms. The maximum Gasteiger partial charge on any atom is 0.0681 e. The highest BCUT2D eigenvalue weighted by molar-refractivity contribution is 5.85. The molecule has 0 spiro atoms. The van der Waals surface area contributed by atoms with Gasteiger partial charge in [0.25, 0.3) is 0 Å². The highest BCUT2D eigenvalue weighted by atomic mass is 35.5. The van der Waals surface area contributed by atoms with E-state index in [1.54, 1.807) is 0 Å². The zero-order valence-corrected chi connectivity index (χ0v) is 14.1. The van der Waals surface area contributed by atoms with Crippen LogP contribution in [0.15, 0.2) is 48.5 Å². The molecule has 0 amide bonds. The van der Waals surface area contributed by atoms with Gasteiger partial charge >= 0.3 is 0 Å². The normalized spacial score (nSPS) is 9.73. The maximum atomic E-state index is 9.11. The number of hydrogen-bond donors (Lipinski definition) is 3. The number of rotatable bonds is 7. The number of benzene rings is 2. The molecule has 0 aromatic heterocycles. The zero-order valence-electron chi connectivity index (χ0n) is 12.5. The predicted molar refractivity (Wildman–Crippen MR) is 96.6 cm³/mol. The van der Waals surface area contributed by atoms with E-state index in [-0.39, 0.29) is 31.4 Å². The zero-order chi connectivity index (χ0) is 14.2. The van der Waals surface area contributed by atoms with Crippen molar-refractivity contribution in [2.45, 2.75) is 26.1 Å². The second kappa shape index (κ2) is 11.5. The van der Waals surface area contributed by atoms with Crippen molar-refractivity contribution in [2.24, 2.45) is 5.73 Å².